The molecule has 0 aliphatic carbocycles. The highest BCUT2D eigenvalue weighted by Crippen LogP contribution is 2.15. The van der Waals surface area contributed by atoms with Gasteiger partial charge in [0.25, 0.3) is 0 Å². The fraction of sp³-hybridized carbons (Fsp3) is 0.750. The smallest absolute Gasteiger partial charge is 0.0876 e. The van der Waals surface area contributed by atoms with Crippen LogP contribution in [0.1, 0.15) is 19.3 Å². The first-order valence-corrected chi connectivity index (χ1v) is 4.01. The van der Waals surface area contributed by atoms with Gasteiger partial charge in [0.05, 0.1) is 12.9 Å². The molecular formula is C8H15NO2. The van der Waals surface area contributed by atoms with Gasteiger partial charge >= 0.3 is 0 Å². The molecule has 11 heavy (non-hydrogen) atoms. The Morgan fingerprint density at radius 2 is 2.55 bits per heavy atom. The minimum Gasteiger partial charge on any atom is -0.501 e. The highest BCUT2D eigenvalue weighted by molar-refractivity contribution is 5.08. The SMILES string of the molecule is NC(CCO)C1=COCCC1. The zero-order chi connectivity index (χ0) is 8.10. The highest BCUT2D eigenvalue weighted by atomic mass is 16.5. The second-order valence-electron chi connectivity index (χ2n) is 2.79. The molecule has 3 N–H and O–H groups in total. The number of aliphatic hydroxyl groups is 1. The Morgan fingerprint density at radius 3 is 3.09 bits per heavy atom. The summed E-state index contributed by atoms with van der Waals surface area (Å²) in [6.45, 7) is 0.952. The molecule has 3 heteroatoms. The van der Waals surface area contributed by atoms with E-state index < -0.39 is 0 Å². The van der Waals surface area contributed by atoms with Crippen LogP contribution in [0.3, 0.4) is 0 Å². The van der Waals surface area contributed by atoms with Gasteiger partial charge < -0.3 is 15.6 Å². The summed E-state index contributed by atoms with van der Waals surface area (Å²) >= 11 is 0. The van der Waals surface area contributed by atoms with Crippen LogP contribution in [-0.4, -0.2) is 24.4 Å². The molecule has 1 heterocycles. The third kappa shape index (κ3) is 2.52. The first-order chi connectivity index (χ1) is 5.34. The number of hydrogen-bond donors (Lipinski definition) is 2. The van der Waals surface area contributed by atoms with E-state index in [1.165, 1.54) is 0 Å². The maximum absolute atomic E-state index is 8.62. The fourth-order valence-electron chi connectivity index (χ4n) is 1.18. The van der Waals surface area contributed by atoms with E-state index in [2.05, 4.69) is 0 Å². The van der Waals surface area contributed by atoms with Gasteiger partial charge in [0.15, 0.2) is 0 Å². The molecule has 1 atom stereocenters. The summed E-state index contributed by atoms with van der Waals surface area (Å²) in [6, 6.07) is -0.0136. The normalized spacial score (nSPS) is 20.4. The summed E-state index contributed by atoms with van der Waals surface area (Å²) in [4.78, 5) is 0. The monoisotopic (exact) mass is 157 g/mol. The van der Waals surface area contributed by atoms with Crippen molar-refractivity contribution in [2.24, 2.45) is 5.73 Å². The number of rotatable bonds is 3. The van der Waals surface area contributed by atoms with E-state index in [4.69, 9.17) is 15.6 Å². The lowest BCUT2D eigenvalue weighted by molar-refractivity contribution is 0.217. The van der Waals surface area contributed by atoms with Crippen molar-refractivity contribution in [2.75, 3.05) is 13.2 Å². The summed E-state index contributed by atoms with van der Waals surface area (Å²) in [6.07, 6.45) is 4.44. The van der Waals surface area contributed by atoms with Crippen LogP contribution in [-0.2, 0) is 4.74 Å². The van der Waals surface area contributed by atoms with E-state index in [9.17, 15) is 0 Å². The Kier molecular flexibility index (Phi) is 3.39. The average molecular weight is 157 g/mol. The van der Waals surface area contributed by atoms with Crippen LogP contribution in [0.5, 0.6) is 0 Å². The first kappa shape index (κ1) is 8.56. The van der Waals surface area contributed by atoms with E-state index in [1.807, 2.05) is 0 Å². The lowest BCUT2D eigenvalue weighted by Crippen LogP contribution is -2.25. The number of ether oxygens (including phenoxy) is 1. The van der Waals surface area contributed by atoms with Crippen LogP contribution < -0.4 is 5.73 Å². The van der Waals surface area contributed by atoms with E-state index in [-0.39, 0.29) is 12.6 Å². The first-order valence-electron chi connectivity index (χ1n) is 4.01. The molecule has 0 fully saturated rings. The van der Waals surface area contributed by atoms with Crippen molar-refractivity contribution in [2.45, 2.75) is 25.3 Å². The second-order valence-corrected chi connectivity index (χ2v) is 2.79. The maximum atomic E-state index is 8.62. The van der Waals surface area contributed by atoms with Gasteiger partial charge in [-0.05, 0) is 24.8 Å². The molecule has 1 aliphatic rings. The van der Waals surface area contributed by atoms with Crippen molar-refractivity contribution >= 4 is 0 Å². The van der Waals surface area contributed by atoms with Crippen molar-refractivity contribution in [3.05, 3.63) is 11.8 Å². The number of nitrogens with two attached hydrogens (primary N) is 1. The lowest BCUT2D eigenvalue weighted by Gasteiger charge is -2.18. The zero-order valence-corrected chi connectivity index (χ0v) is 6.62. The van der Waals surface area contributed by atoms with Gasteiger partial charge in [0.2, 0.25) is 0 Å². The van der Waals surface area contributed by atoms with Gasteiger partial charge in [-0.25, -0.2) is 0 Å². The van der Waals surface area contributed by atoms with Crippen molar-refractivity contribution in [3.8, 4) is 0 Å². The maximum Gasteiger partial charge on any atom is 0.0876 e. The van der Waals surface area contributed by atoms with Crippen molar-refractivity contribution in [1.82, 2.24) is 0 Å². The third-order valence-electron chi connectivity index (χ3n) is 1.88. The lowest BCUT2D eigenvalue weighted by atomic mass is 10.0. The molecule has 0 amide bonds. The summed E-state index contributed by atoms with van der Waals surface area (Å²) in [7, 11) is 0. The molecule has 0 aromatic heterocycles. The standard InChI is InChI=1S/C8H15NO2/c9-8(3-4-10)7-2-1-5-11-6-7/h6,8,10H,1-5,9H2. The van der Waals surface area contributed by atoms with Gasteiger partial charge in [-0.3, -0.25) is 0 Å². The second kappa shape index (κ2) is 4.36. The largest absolute Gasteiger partial charge is 0.501 e. The molecule has 64 valence electrons. The Morgan fingerprint density at radius 1 is 1.73 bits per heavy atom. The van der Waals surface area contributed by atoms with Gasteiger partial charge in [-0.15, -0.1) is 0 Å². The van der Waals surface area contributed by atoms with E-state index in [0.29, 0.717) is 6.42 Å². The van der Waals surface area contributed by atoms with Crippen LogP contribution in [0, 0.1) is 0 Å². The van der Waals surface area contributed by atoms with Gasteiger partial charge in [0.1, 0.15) is 0 Å². The number of hydrogen-bond acceptors (Lipinski definition) is 3. The fourth-order valence-corrected chi connectivity index (χ4v) is 1.18. The topological polar surface area (TPSA) is 55.5 Å². The molecule has 0 spiro atoms. The van der Waals surface area contributed by atoms with Crippen LogP contribution in [0.25, 0.3) is 0 Å². The number of aliphatic hydroxyl groups excluding tert-OH is 1. The molecule has 0 radical (unpaired) electrons. The molecule has 3 nitrogen and oxygen atoms in total. The molecule has 0 saturated carbocycles. The molecule has 1 aliphatic heterocycles. The predicted molar refractivity (Wildman–Crippen MR) is 42.9 cm³/mol. The van der Waals surface area contributed by atoms with Crippen molar-refractivity contribution < 1.29 is 9.84 Å². The molecular weight excluding hydrogens is 142 g/mol. The van der Waals surface area contributed by atoms with Crippen molar-refractivity contribution in [1.29, 1.82) is 0 Å². The van der Waals surface area contributed by atoms with Crippen LogP contribution in [0.2, 0.25) is 0 Å². The molecule has 1 unspecified atom stereocenters. The summed E-state index contributed by atoms with van der Waals surface area (Å²) in [5.41, 5.74) is 6.88. The molecule has 0 aromatic carbocycles. The Balaban J connectivity index is 2.37. The molecule has 0 bridgehead atoms. The third-order valence-corrected chi connectivity index (χ3v) is 1.88. The summed E-state index contributed by atoms with van der Waals surface area (Å²) < 4.78 is 5.13. The zero-order valence-electron chi connectivity index (χ0n) is 6.62. The van der Waals surface area contributed by atoms with Gasteiger partial charge in [0, 0.05) is 12.6 Å². The molecule has 0 aromatic rings. The van der Waals surface area contributed by atoms with E-state index in [1.54, 1.807) is 6.26 Å². The Bertz CT molecular complexity index is 145. The minimum atomic E-state index is -0.0136. The van der Waals surface area contributed by atoms with Gasteiger partial charge in [-0.1, -0.05) is 0 Å². The minimum absolute atomic E-state index is 0.0136. The summed E-state index contributed by atoms with van der Waals surface area (Å²) in [5.74, 6) is 0. The molecule has 1 rings (SSSR count). The molecule has 0 saturated heterocycles. The Labute approximate surface area is 66.8 Å². The van der Waals surface area contributed by atoms with Crippen molar-refractivity contribution in [3.63, 3.8) is 0 Å². The Hall–Kier alpha value is -0.540. The average Bonchev–Trinajstić information content (AvgIpc) is 2.07. The van der Waals surface area contributed by atoms with Crippen LogP contribution in [0.4, 0.5) is 0 Å². The quantitative estimate of drug-likeness (QED) is 0.623. The van der Waals surface area contributed by atoms with E-state index in [0.717, 1.165) is 25.0 Å². The van der Waals surface area contributed by atoms with Crippen LogP contribution in [0.15, 0.2) is 11.8 Å². The van der Waals surface area contributed by atoms with Gasteiger partial charge in [-0.2, -0.15) is 0 Å². The van der Waals surface area contributed by atoms with Crippen LogP contribution >= 0.6 is 0 Å². The summed E-state index contributed by atoms with van der Waals surface area (Å²) in [5, 5.41) is 8.62. The highest BCUT2D eigenvalue weighted by Gasteiger charge is 2.11. The van der Waals surface area contributed by atoms with E-state index >= 15 is 0 Å². The predicted octanol–water partition coefficient (Wildman–Crippen LogP) is 0.390.